The molecule has 5 unspecified atom stereocenters. The van der Waals surface area contributed by atoms with Gasteiger partial charge in [-0.05, 0) is 157 Å². The number of benzene rings is 2. The van der Waals surface area contributed by atoms with E-state index in [9.17, 15) is 53.4 Å². The zero-order chi connectivity index (χ0) is 85.9. The number of aliphatic hydroxyl groups excluding tert-OH is 1. The number of aliphatic hydroxyl groups is 1. The fourth-order valence-electron chi connectivity index (χ4n) is 17.0. The van der Waals surface area contributed by atoms with Crippen molar-refractivity contribution in [2.75, 3.05) is 97.2 Å². The van der Waals surface area contributed by atoms with E-state index < -0.39 is 131 Å². The molecule has 14 atom stereocenters. The number of oxazole rings is 1. The first-order valence-corrected chi connectivity index (χ1v) is 43.0. The molecule has 12 rings (SSSR count). The number of aromatic hydroxyl groups is 1. The van der Waals surface area contributed by atoms with Crippen LogP contribution in [0.5, 0.6) is 5.75 Å². The van der Waals surface area contributed by atoms with E-state index in [-0.39, 0.29) is 111 Å². The molecule has 8 amide bonds. The molecule has 6 N–H and O–H groups in total. The molecule has 10 heterocycles. The molecule has 31 heteroatoms. The van der Waals surface area contributed by atoms with Gasteiger partial charge in [0.15, 0.2) is 17.4 Å². The summed E-state index contributed by atoms with van der Waals surface area (Å²) < 4.78 is 17.6. The lowest BCUT2D eigenvalue weighted by molar-refractivity contribution is -0.159. The molecule has 7 fully saturated rings. The van der Waals surface area contributed by atoms with Gasteiger partial charge in [0, 0.05) is 108 Å². The van der Waals surface area contributed by atoms with E-state index in [0.717, 1.165) is 81.8 Å². The number of ether oxygens (including phenoxy) is 2. The highest BCUT2D eigenvalue weighted by molar-refractivity contribution is 8.00. The first-order chi connectivity index (χ1) is 56.9. The van der Waals surface area contributed by atoms with Gasteiger partial charge in [-0.3, -0.25) is 47.9 Å². The molecule has 119 heavy (non-hydrogen) atoms. The van der Waals surface area contributed by atoms with E-state index >= 15 is 14.4 Å². The Morgan fingerprint density at radius 2 is 1.51 bits per heavy atom. The third-order valence-electron chi connectivity index (χ3n) is 23.9. The Hall–Kier alpha value is -10.1. The number of fused-ring (bicyclic) bond motifs is 8. The maximum absolute atomic E-state index is 15.7. The number of carbonyl (C=O) groups is 12. The maximum Gasteiger partial charge on any atom is 0.333 e. The van der Waals surface area contributed by atoms with Crippen molar-refractivity contribution >= 4 is 88.2 Å². The minimum atomic E-state index is -1.69. The molecule has 4 bridgehead atoms. The van der Waals surface area contributed by atoms with Gasteiger partial charge in [0.05, 0.1) is 12.5 Å². The normalized spacial score (nSPS) is 29.1. The number of hydrogen-bond donors (Lipinski definition) is 6. The number of cyclic esters (lactones) is 2. The number of likely N-dealkylation sites (N-methyl/N-ethyl adjacent to an activating group) is 1. The van der Waals surface area contributed by atoms with Crippen LogP contribution in [0.1, 0.15) is 164 Å². The van der Waals surface area contributed by atoms with Crippen LogP contribution in [-0.2, 0) is 70.3 Å². The molecule has 2 aromatic heterocycles. The second-order valence-electron chi connectivity index (χ2n) is 32.8. The Morgan fingerprint density at radius 1 is 0.782 bits per heavy atom. The number of pyridine rings is 1. The monoisotopic (exact) mass is 1660 g/mol. The van der Waals surface area contributed by atoms with Crippen molar-refractivity contribution in [1.29, 1.82) is 0 Å². The number of amides is 8. The van der Waals surface area contributed by atoms with Crippen molar-refractivity contribution in [3.05, 3.63) is 144 Å². The van der Waals surface area contributed by atoms with Crippen molar-refractivity contribution in [2.24, 2.45) is 29.6 Å². The van der Waals surface area contributed by atoms with Crippen molar-refractivity contribution in [3.63, 3.8) is 0 Å². The van der Waals surface area contributed by atoms with Crippen molar-refractivity contribution < 1.29 is 81.6 Å². The van der Waals surface area contributed by atoms with Crippen LogP contribution in [0.2, 0.25) is 0 Å². The Bertz CT molecular complexity index is 4330. The number of thioether (sulfide) groups is 1. The number of allylic oxidation sites excluding steroid dienone is 2. The summed E-state index contributed by atoms with van der Waals surface area (Å²) in [5.41, 5.74) is 2.24. The number of ketones is 2. The fourth-order valence-corrected chi connectivity index (χ4v) is 18.6. The molecule has 0 radical (unpaired) electrons. The Balaban J connectivity index is 0.000000279. The number of carbonyl (C=O) groups excluding carboxylic acids is 12. The van der Waals surface area contributed by atoms with E-state index in [1.165, 1.54) is 64.2 Å². The topological polar surface area (TPSA) is 373 Å². The third kappa shape index (κ3) is 23.7. The molecule has 644 valence electrons. The number of rotatable bonds is 17. The molecule has 2 aromatic carbocycles. The molecule has 0 spiro atoms. The van der Waals surface area contributed by atoms with E-state index in [2.05, 4.69) is 54.9 Å². The van der Waals surface area contributed by atoms with Crippen molar-refractivity contribution in [3.8, 4) is 5.75 Å². The lowest BCUT2D eigenvalue weighted by Crippen LogP contribution is -2.63. The predicted octanol–water partition coefficient (Wildman–Crippen LogP) is 6.21. The number of nitrogens with one attached hydrogen (secondary N) is 4. The molecule has 0 saturated carbocycles. The van der Waals surface area contributed by atoms with Gasteiger partial charge in [-0.15, -0.1) is 0 Å². The highest BCUT2D eigenvalue weighted by atomic mass is 32.2. The van der Waals surface area contributed by atoms with E-state index in [0.29, 0.717) is 36.3 Å². The molecule has 30 nitrogen and oxygen atoms in total. The Morgan fingerprint density at radius 3 is 2.18 bits per heavy atom. The van der Waals surface area contributed by atoms with Crippen LogP contribution in [0, 0.1) is 29.6 Å². The van der Waals surface area contributed by atoms with Gasteiger partial charge in [-0.2, -0.15) is 11.8 Å². The van der Waals surface area contributed by atoms with Crippen LogP contribution in [0.4, 0.5) is 5.69 Å². The Kier molecular flexibility index (Phi) is 32.7. The minimum Gasteiger partial charge on any atom is -0.505 e. The standard InChI is InChI=1S/C53H67N9O10S.C35H52N4O7/c1-6-37-50(68)61-23-11-14-38(61)51(69)59(5)40(26-32-16-18-36(19-17-32)58(3)4)52(70)62-28-35(30-73-43-29-60-24-20-33(43)21-25-60)42(64)27-39(62)47(65)57-45(34-12-8-7-9-13-34)53(71)72-31(2)44(48(66)55-37)56-49(67)46-41(63)15-10-22-54-46;1-7-38(8-2)17-10-12-26-15-18-39-32(26)35(44)46-33(23(3)4)25(6)13-14-30(42)36-16-9-11-24(5)19-27(40)20-28(41)21-31-37-29(22-45-31)34(39)43/h7-10,12-13,15-19,22,31,33,35,37-40,43-45,63H,6,11,14,20-21,23-30H2,1-5H3,(H,55,66)(H,56,67)(H,57,65);9,11,13-14,19,22-23,25-27,32-33,40H,7-8,10,12,15-18,20-21H2,1-6H3,(H,36,42)/b;11-9+,14-13+,24-19+/t31-,35?,37-,38+,39+,40+,43?,44+,45+;25-,26?,27?,32?,33-/m11/s1. The maximum atomic E-state index is 15.7. The number of aromatic nitrogens is 2. The number of hydrogen-bond acceptors (Lipinski definition) is 23. The SMILES string of the molecule is CCN(CC)CCCC1CCN2C(=O)c3coc(n3)CC(=O)CC(O)/C=C(C)/C=C/CNC(=O)/C=C/[C@@H](C)[C@@H](C(C)C)OC(=O)C12.CC[C@H]1NC(=O)[C@@H](NC(=O)c2ncccc2O)[C@@H](C)OC(=O)[C@H](c2ccccc2)NC(=O)[C@@H]2CC(=O)C(CSC3CN4CCC3CC4)CN2C(=O)[C@H](Cc2ccc(N(C)C)cc2)N(C)C(=O)[C@@H]2CCCN2C1=O. The summed E-state index contributed by atoms with van der Waals surface area (Å²) in [6.07, 6.45) is 12.3. The van der Waals surface area contributed by atoms with Crippen molar-refractivity contribution in [1.82, 2.24) is 60.6 Å². The first kappa shape index (κ1) is 91.2. The summed E-state index contributed by atoms with van der Waals surface area (Å²) in [5.74, 6) is -7.67. The second-order valence-corrected chi connectivity index (χ2v) is 34.1. The average Bonchev–Trinajstić information content (AvgIpc) is 1.66. The lowest BCUT2D eigenvalue weighted by Gasteiger charge is -2.45. The number of nitrogens with zero attached hydrogens (tertiary/aromatic N) is 9. The lowest BCUT2D eigenvalue weighted by atomic mass is 9.88. The number of anilines is 1. The Labute approximate surface area is 701 Å². The first-order valence-electron chi connectivity index (χ1n) is 42.0. The van der Waals surface area contributed by atoms with Crippen LogP contribution in [-0.4, -0.2) is 272 Å². The van der Waals surface area contributed by atoms with Crippen LogP contribution in [0.3, 0.4) is 0 Å². The highest BCUT2D eigenvalue weighted by Gasteiger charge is 2.50. The molecule has 8 aliphatic heterocycles. The van der Waals surface area contributed by atoms with Gasteiger partial charge < -0.3 is 79.7 Å². The van der Waals surface area contributed by atoms with Crippen LogP contribution >= 0.6 is 11.8 Å². The number of esters is 2. The van der Waals surface area contributed by atoms with Gasteiger partial charge in [0.2, 0.25) is 41.3 Å². The molecular weight excluding hydrogens is 1540 g/mol. The van der Waals surface area contributed by atoms with E-state index in [1.807, 2.05) is 64.0 Å². The predicted molar refractivity (Wildman–Crippen MR) is 447 cm³/mol. The summed E-state index contributed by atoms with van der Waals surface area (Å²) in [7, 11) is 5.33. The van der Waals surface area contributed by atoms with Crippen LogP contribution in [0.15, 0.2) is 120 Å². The highest BCUT2D eigenvalue weighted by Crippen LogP contribution is 2.39. The largest absolute Gasteiger partial charge is 0.505 e. The summed E-state index contributed by atoms with van der Waals surface area (Å²) in [5, 5.41) is 32.0. The summed E-state index contributed by atoms with van der Waals surface area (Å²) in [6, 6.07) is 9.45. The summed E-state index contributed by atoms with van der Waals surface area (Å²) in [4.78, 5) is 191. The van der Waals surface area contributed by atoms with Crippen LogP contribution in [0.25, 0.3) is 0 Å². The number of piperidine rings is 4. The average molecular weight is 1660 g/mol. The zero-order valence-corrected chi connectivity index (χ0v) is 71.2. The zero-order valence-electron chi connectivity index (χ0n) is 70.3. The van der Waals surface area contributed by atoms with Gasteiger partial charge in [-0.25, -0.2) is 19.6 Å². The molecule has 7 saturated heterocycles. The van der Waals surface area contributed by atoms with E-state index in [4.69, 9.17) is 13.9 Å². The van der Waals surface area contributed by atoms with Gasteiger partial charge in [0.25, 0.3) is 11.8 Å². The molecule has 8 aliphatic rings. The molecular formula is C88H119N13O17S. The second kappa shape index (κ2) is 42.7. The minimum absolute atomic E-state index is 0.0203. The van der Waals surface area contributed by atoms with Crippen LogP contribution < -0.4 is 26.2 Å². The number of Topliss-reactive ketones (excluding diaryl/α,β-unsaturated/α-hetero) is 2. The van der Waals surface area contributed by atoms with Gasteiger partial charge in [-0.1, -0.05) is 114 Å². The van der Waals surface area contributed by atoms with Gasteiger partial charge in [0.1, 0.15) is 72.0 Å². The third-order valence-corrected chi connectivity index (χ3v) is 25.5. The van der Waals surface area contributed by atoms with E-state index in [1.54, 1.807) is 80.2 Å². The molecule has 4 aromatic rings. The summed E-state index contributed by atoms with van der Waals surface area (Å²) in [6.45, 7) is 21.4. The smallest absolute Gasteiger partial charge is 0.333 e. The van der Waals surface area contributed by atoms with Crippen molar-refractivity contribution in [2.45, 2.75) is 198 Å². The molecule has 0 aliphatic carbocycles. The fraction of sp³-hybridized carbons (Fsp3) is 0.568. The quantitative estimate of drug-likeness (QED) is 0.0640. The van der Waals surface area contributed by atoms with Gasteiger partial charge >= 0.3 is 11.9 Å². The summed E-state index contributed by atoms with van der Waals surface area (Å²) >= 11 is 1.73.